The van der Waals surface area contributed by atoms with Crippen LogP contribution in [0.15, 0.2) is 53.8 Å². The van der Waals surface area contributed by atoms with Crippen molar-refractivity contribution in [3.63, 3.8) is 0 Å². The summed E-state index contributed by atoms with van der Waals surface area (Å²) in [7, 11) is 0. The Hall–Kier alpha value is -1.86. The van der Waals surface area contributed by atoms with Crippen LogP contribution >= 0.6 is 46.6 Å². The molecule has 1 amide bonds. The van der Waals surface area contributed by atoms with Crippen LogP contribution in [0.25, 0.3) is 11.3 Å². The van der Waals surface area contributed by atoms with E-state index >= 15 is 0 Å². The SMILES string of the molecule is C[C@H](Sc1nc(-c2ccccc2)cn1N)C(=O)Nc1cc(Cl)c(Cl)cc1Cl. The van der Waals surface area contributed by atoms with E-state index in [1.54, 1.807) is 13.1 Å². The van der Waals surface area contributed by atoms with Crippen molar-refractivity contribution in [2.24, 2.45) is 0 Å². The lowest BCUT2D eigenvalue weighted by molar-refractivity contribution is -0.115. The molecule has 0 aliphatic heterocycles. The molecule has 1 atom stereocenters. The fraction of sp³-hybridized carbons (Fsp3) is 0.111. The summed E-state index contributed by atoms with van der Waals surface area (Å²) >= 11 is 19.2. The Morgan fingerprint density at radius 1 is 1.15 bits per heavy atom. The number of nitrogen functional groups attached to an aromatic ring is 1. The molecule has 3 rings (SSSR count). The van der Waals surface area contributed by atoms with E-state index in [1.165, 1.54) is 28.6 Å². The fourth-order valence-corrected chi connectivity index (χ4v) is 3.68. The first-order valence-corrected chi connectivity index (χ1v) is 9.88. The van der Waals surface area contributed by atoms with Gasteiger partial charge in [-0.1, -0.05) is 76.9 Å². The Bertz CT molecular complexity index is 978. The number of aromatic nitrogens is 2. The number of halogens is 3. The molecule has 1 heterocycles. The molecule has 0 saturated carbocycles. The highest BCUT2D eigenvalue weighted by atomic mass is 35.5. The number of thioether (sulfide) groups is 1. The van der Waals surface area contributed by atoms with Gasteiger partial charge in [0.1, 0.15) is 0 Å². The lowest BCUT2D eigenvalue weighted by atomic mass is 10.2. The Balaban J connectivity index is 1.72. The van der Waals surface area contributed by atoms with Gasteiger partial charge in [0.25, 0.3) is 0 Å². The monoisotopic (exact) mass is 440 g/mol. The molecular weight excluding hydrogens is 427 g/mol. The van der Waals surface area contributed by atoms with Gasteiger partial charge >= 0.3 is 0 Å². The first-order chi connectivity index (χ1) is 12.8. The van der Waals surface area contributed by atoms with Crippen LogP contribution in [-0.4, -0.2) is 20.8 Å². The standard InChI is InChI=1S/C18H15Cl3N4OS/c1-10(17(26)23-15-8-13(20)12(19)7-14(15)21)27-18-24-16(9-25(18)22)11-5-3-2-4-6-11/h2-10H,22H2,1H3,(H,23,26)/t10-/m0/s1. The molecular formula is C18H15Cl3N4OS. The summed E-state index contributed by atoms with van der Waals surface area (Å²) in [6.45, 7) is 1.75. The number of nitrogens with one attached hydrogen (secondary N) is 1. The molecule has 27 heavy (non-hydrogen) atoms. The van der Waals surface area contributed by atoms with Gasteiger partial charge in [0.15, 0.2) is 5.16 Å². The number of nitrogens with zero attached hydrogens (tertiary/aromatic N) is 2. The van der Waals surface area contributed by atoms with Crippen molar-refractivity contribution in [1.82, 2.24) is 9.66 Å². The van der Waals surface area contributed by atoms with Gasteiger partial charge in [-0.05, 0) is 19.1 Å². The average Bonchev–Trinajstić information content (AvgIpc) is 3.01. The minimum atomic E-state index is -0.469. The number of amides is 1. The van der Waals surface area contributed by atoms with E-state index in [9.17, 15) is 4.79 Å². The van der Waals surface area contributed by atoms with Gasteiger partial charge in [0.05, 0.1) is 37.9 Å². The Labute approximate surface area is 175 Å². The first-order valence-electron chi connectivity index (χ1n) is 7.87. The third-order valence-corrected chi connectivity index (χ3v) is 5.80. The number of carbonyl (C=O) groups excluding carboxylic acids is 1. The van der Waals surface area contributed by atoms with Crippen molar-refractivity contribution in [3.05, 3.63) is 63.7 Å². The molecule has 0 aliphatic rings. The summed E-state index contributed by atoms with van der Waals surface area (Å²) in [6, 6.07) is 12.7. The molecule has 0 fully saturated rings. The van der Waals surface area contributed by atoms with Gasteiger partial charge in [-0.2, -0.15) is 0 Å². The minimum absolute atomic E-state index is 0.260. The van der Waals surface area contributed by atoms with E-state index in [0.29, 0.717) is 25.9 Å². The molecule has 0 bridgehead atoms. The molecule has 0 spiro atoms. The van der Waals surface area contributed by atoms with E-state index < -0.39 is 5.25 Å². The predicted octanol–water partition coefficient (Wildman–Crippen LogP) is 5.34. The highest BCUT2D eigenvalue weighted by Gasteiger charge is 2.20. The zero-order chi connectivity index (χ0) is 19.6. The van der Waals surface area contributed by atoms with Gasteiger partial charge in [-0.15, -0.1) is 0 Å². The van der Waals surface area contributed by atoms with Crippen LogP contribution < -0.4 is 11.2 Å². The maximum absolute atomic E-state index is 12.5. The summed E-state index contributed by atoms with van der Waals surface area (Å²) in [5.41, 5.74) is 2.08. The van der Waals surface area contributed by atoms with Gasteiger partial charge in [0.2, 0.25) is 5.91 Å². The van der Waals surface area contributed by atoms with E-state index in [0.717, 1.165) is 11.3 Å². The number of benzene rings is 2. The highest BCUT2D eigenvalue weighted by Crippen LogP contribution is 2.33. The highest BCUT2D eigenvalue weighted by molar-refractivity contribution is 8.00. The molecule has 3 N–H and O–H groups in total. The van der Waals surface area contributed by atoms with Crippen LogP contribution in [0.5, 0.6) is 0 Å². The maximum Gasteiger partial charge on any atom is 0.237 e. The number of hydrogen-bond donors (Lipinski definition) is 2. The number of carbonyl (C=O) groups is 1. The summed E-state index contributed by atoms with van der Waals surface area (Å²) in [6.07, 6.45) is 1.72. The van der Waals surface area contributed by atoms with Crippen molar-refractivity contribution < 1.29 is 4.79 Å². The van der Waals surface area contributed by atoms with Crippen LogP contribution in [0.4, 0.5) is 5.69 Å². The smallest absolute Gasteiger partial charge is 0.237 e. The molecule has 0 aliphatic carbocycles. The number of imidazole rings is 1. The topological polar surface area (TPSA) is 72.9 Å². The zero-order valence-corrected chi connectivity index (χ0v) is 17.2. The normalized spacial score (nSPS) is 12.0. The quantitative estimate of drug-likeness (QED) is 0.318. The van der Waals surface area contributed by atoms with Gasteiger partial charge in [-0.3, -0.25) is 4.79 Å². The van der Waals surface area contributed by atoms with Crippen LogP contribution in [0.1, 0.15) is 6.92 Å². The number of hydrogen-bond acceptors (Lipinski definition) is 4. The summed E-state index contributed by atoms with van der Waals surface area (Å²) in [5, 5.41) is 3.73. The van der Waals surface area contributed by atoms with E-state index in [4.69, 9.17) is 40.6 Å². The molecule has 140 valence electrons. The summed E-state index contributed by atoms with van der Waals surface area (Å²) in [4.78, 5) is 17.0. The van der Waals surface area contributed by atoms with Crippen LogP contribution in [0, 0.1) is 0 Å². The summed E-state index contributed by atoms with van der Waals surface area (Å²) < 4.78 is 1.41. The lowest BCUT2D eigenvalue weighted by Gasteiger charge is -2.13. The largest absolute Gasteiger partial charge is 0.337 e. The van der Waals surface area contributed by atoms with Gasteiger partial charge in [-0.25, -0.2) is 9.66 Å². The Morgan fingerprint density at radius 2 is 1.81 bits per heavy atom. The number of nitrogens with two attached hydrogens (primary N) is 1. The van der Waals surface area contributed by atoms with Gasteiger partial charge < -0.3 is 11.2 Å². The Kier molecular flexibility index (Phi) is 6.22. The van der Waals surface area contributed by atoms with Crippen molar-refractivity contribution in [2.75, 3.05) is 11.2 Å². The van der Waals surface area contributed by atoms with Crippen LogP contribution in [-0.2, 0) is 4.79 Å². The van der Waals surface area contributed by atoms with Gasteiger partial charge in [0, 0.05) is 5.56 Å². The fourth-order valence-electron chi connectivity index (χ4n) is 2.28. The number of anilines is 1. The Morgan fingerprint density at radius 3 is 2.52 bits per heavy atom. The average molecular weight is 442 g/mol. The lowest BCUT2D eigenvalue weighted by Crippen LogP contribution is -2.23. The van der Waals surface area contributed by atoms with Crippen LogP contribution in [0.3, 0.4) is 0 Å². The zero-order valence-electron chi connectivity index (χ0n) is 14.1. The van der Waals surface area contributed by atoms with E-state index in [2.05, 4.69) is 10.3 Å². The third-order valence-electron chi connectivity index (χ3n) is 3.69. The van der Waals surface area contributed by atoms with Crippen molar-refractivity contribution in [2.45, 2.75) is 17.3 Å². The van der Waals surface area contributed by atoms with Crippen molar-refractivity contribution in [1.29, 1.82) is 0 Å². The van der Waals surface area contributed by atoms with Crippen molar-refractivity contribution in [3.8, 4) is 11.3 Å². The van der Waals surface area contributed by atoms with E-state index in [-0.39, 0.29) is 5.91 Å². The second-order valence-electron chi connectivity index (χ2n) is 5.68. The molecule has 1 aromatic heterocycles. The van der Waals surface area contributed by atoms with E-state index in [1.807, 2.05) is 30.3 Å². The van der Waals surface area contributed by atoms with Crippen LogP contribution in [0.2, 0.25) is 15.1 Å². The predicted molar refractivity (Wildman–Crippen MR) is 113 cm³/mol. The third kappa shape index (κ3) is 4.71. The molecule has 3 aromatic rings. The minimum Gasteiger partial charge on any atom is -0.337 e. The van der Waals surface area contributed by atoms with Crippen molar-refractivity contribution >= 4 is 58.2 Å². The molecule has 0 radical (unpaired) electrons. The molecule has 2 aromatic carbocycles. The molecule has 5 nitrogen and oxygen atoms in total. The summed E-state index contributed by atoms with van der Waals surface area (Å²) in [5.74, 6) is 5.73. The first kappa shape index (κ1) is 19.9. The molecule has 0 unspecified atom stereocenters. The molecule has 9 heteroatoms. The number of rotatable bonds is 5. The maximum atomic E-state index is 12.5. The second-order valence-corrected chi connectivity index (χ2v) is 8.21. The second kappa shape index (κ2) is 8.44. The molecule has 0 saturated heterocycles.